The summed E-state index contributed by atoms with van der Waals surface area (Å²) in [5, 5.41) is 0. The van der Waals surface area contributed by atoms with Crippen LogP contribution in [0, 0.1) is 5.92 Å². The fourth-order valence-electron chi connectivity index (χ4n) is 1.22. The average Bonchev–Trinajstić information content (AvgIpc) is 2.11. The van der Waals surface area contributed by atoms with E-state index in [4.69, 9.17) is 0 Å². The molecule has 2 atom stereocenters. The third-order valence-corrected chi connectivity index (χ3v) is 2.96. The number of halogens is 4. The van der Waals surface area contributed by atoms with Crippen molar-refractivity contribution in [2.24, 2.45) is 5.92 Å². The second-order valence-corrected chi connectivity index (χ2v) is 4.41. The van der Waals surface area contributed by atoms with E-state index in [1.54, 1.807) is 0 Å². The number of alkyl halides is 4. The smallest absolute Gasteiger partial charge is 0.171 e. The molecular formula is C6H8F3I. The zero-order valence-corrected chi connectivity index (χ0v) is 7.45. The van der Waals surface area contributed by atoms with Gasteiger partial charge in [0.25, 0.3) is 0 Å². The lowest BCUT2D eigenvalue weighted by Gasteiger charge is -2.12. The van der Waals surface area contributed by atoms with Gasteiger partial charge >= 0.3 is 6.18 Å². The number of hydrogen-bond acceptors (Lipinski definition) is 0. The van der Waals surface area contributed by atoms with Gasteiger partial charge in [0.15, 0.2) is 0 Å². The second-order valence-electron chi connectivity index (χ2n) is 2.65. The lowest BCUT2D eigenvalue weighted by atomic mass is 10.1. The van der Waals surface area contributed by atoms with E-state index in [-0.39, 0.29) is 3.92 Å². The summed E-state index contributed by atoms with van der Waals surface area (Å²) < 4.78 is 36.0. The molecule has 0 saturated heterocycles. The van der Waals surface area contributed by atoms with Crippen LogP contribution < -0.4 is 0 Å². The zero-order valence-electron chi connectivity index (χ0n) is 5.29. The predicted octanol–water partition coefficient (Wildman–Crippen LogP) is 3.15. The maximum Gasteiger partial charge on any atom is 0.391 e. The highest BCUT2D eigenvalue weighted by Gasteiger charge is 2.43. The number of rotatable bonds is 0. The van der Waals surface area contributed by atoms with Gasteiger partial charge in [0.1, 0.15) is 0 Å². The Morgan fingerprint density at radius 3 is 2.00 bits per heavy atom. The van der Waals surface area contributed by atoms with E-state index in [9.17, 15) is 13.2 Å². The molecule has 1 rings (SSSR count). The highest BCUT2D eigenvalue weighted by Crippen LogP contribution is 2.41. The first-order valence-electron chi connectivity index (χ1n) is 3.21. The largest absolute Gasteiger partial charge is 0.391 e. The SMILES string of the molecule is FC(F)(F)[C@H]1CC[C@@H](I)C1. The highest BCUT2D eigenvalue weighted by molar-refractivity contribution is 14.1. The van der Waals surface area contributed by atoms with Crippen LogP contribution in [0.15, 0.2) is 0 Å². The molecular weight excluding hydrogens is 256 g/mol. The van der Waals surface area contributed by atoms with Gasteiger partial charge in [-0.2, -0.15) is 13.2 Å². The van der Waals surface area contributed by atoms with Gasteiger partial charge in [-0.1, -0.05) is 22.6 Å². The van der Waals surface area contributed by atoms with Crippen molar-refractivity contribution in [2.75, 3.05) is 0 Å². The Labute approximate surface area is 71.3 Å². The zero-order chi connectivity index (χ0) is 7.78. The fourth-order valence-corrected chi connectivity index (χ4v) is 2.20. The quantitative estimate of drug-likeness (QED) is 0.465. The Morgan fingerprint density at radius 2 is 1.80 bits per heavy atom. The highest BCUT2D eigenvalue weighted by atomic mass is 127. The third-order valence-electron chi connectivity index (χ3n) is 1.83. The van der Waals surface area contributed by atoms with E-state index in [2.05, 4.69) is 22.6 Å². The lowest BCUT2D eigenvalue weighted by molar-refractivity contribution is -0.172. The van der Waals surface area contributed by atoms with Crippen LogP contribution in [-0.2, 0) is 0 Å². The van der Waals surface area contributed by atoms with E-state index in [1.807, 2.05) is 0 Å². The van der Waals surface area contributed by atoms with Crippen LogP contribution >= 0.6 is 22.6 Å². The van der Waals surface area contributed by atoms with Gasteiger partial charge in [-0.3, -0.25) is 0 Å². The summed E-state index contributed by atoms with van der Waals surface area (Å²) in [5.41, 5.74) is 0. The van der Waals surface area contributed by atoms with E-state index in [0.29, 0.717) is 12.8 Å². The summed E-state index contributed by atoms with van der Waals surface area (Å²) in [6, 6.07) is 0. The van der Waals surface area contributed by atoms with Gasteiger partial charge in [0, 0.05) is 3.92 Å². The third kappa shape index (κ3) is 2.00. The monoisotopic (exact) mass is 264 g/mol. The molecule has 0 bridgehead atoms. The van der Waals surface area contributed by atoms with Crippen molar-refractivity contribution in [3.05, 3.63) is 0 Å². The summed E-state index contributed by atoms with van der Waals surface area (Å²) in [4.78, 5) is 0. The van der Waals surface area contributed by atoms with Crippen LogP contribution in [0.2, 0.25) is 0 Å². The van der Waals surface area contributed by atoms with E-state index >= 15 is 0 Å². The molecule has 1 fully saturated rings. The first-order valence-corrected chi connectivity index (χ1v) is 4.45. The van der Waals surface area contributed by atoms with Gasteiger partial charge in [-0.25, -0.2) is 0 Å². The summed E-state index contributed by atoms with van der Waals surface area (Å²) in [6.45, 7) is 0. The molecule has 0 aromatic carbocycles. The van der Waals surface area contributed by atoms with E-state index in [1.165, 1.54) is 0 Å². The molecule has 0 spiro atoms. The van der Waals surface area contributed by atoms with Gasteiger partial charge in [-0.05, 0) is 19.3 Å². The topological polar surface area (TPSA) is 0 Å². The Bertz CT molecular complexity index is 121. The minimum atomic E-state index is -3.94. The van der Waals surface area contributed by atoms with Gasteiger partial charge in [0.05, 0.1) is 5.92 Å². The van der Waals surface area contributed by atoms with Crippen LogP contribution in [0.3, 0.4) is 0 Å². The van der Waals surface area contributed by atoms with Crippen molar-refractivity contribution < 1.29 is 13.2 Å². The normalized spacial score (nSPS) is 34.8. The van der Waals surface area contributed by atoms with Gasteiger partial charge in [-0.15, -0.1) is 0 Å². The molecule has 1 saturated carbocycles. The summed E-state index contributed by atoms with van der Waals surface area (Å²) >= 11 is 2.09. The molecule has 0 radical (unpaired) electrons. The van der Waals surface area contributed by atoms with Crippen LogP contribution in [-0.4, -0.2) is 10.1 Å². The Morgan fingerprint density at radius 1 is 1.20 bits per heavy atom. The molecule has 0 aromatic rings. The lowest BCUT2D eigenvalue weighted by Crippen LogP contribution is -2.19. The van der Waals surface area contributed by atoms with Crippen molar-refractivity contribution >= 4 is 22.6 Å². The van der Waals surface area contributed by atoms with Gasteiger partial charge < -0.3 is 0 Å². The predicted molar refractivity (Wildman–Crippen MR) is 41.2 cm³/mol. The number of hydrogen-bond donors (Lipinski definition) is 0. The van der Waals surface area contributed by atoms with Gasteiger partial charge in [0.2, 0.25) is 0 Å². The fraction of sp³-hybridized carbons (Fsp3) is 1.00. The average molecular weight is 264 g/mol. The Balaban J connectivity index is 2.45. The van der Waals surface area contributed by atoms with Crippen molar-refractivity contribution in [1.82, 2.24) is 0 Å². The minimum Gasteiger partial charge on any atom is -0.171 e. The Kier molecular flexibility index (Phi) is 2.47. The van der Waals surface area contributed by atoms with Crippen LogP contribution in [0.4, 0.5) is 13.2 Å². The van der Waals surface area contributed by atoms with Crippen molar-refractivity contribution in [3.63, 3.8) is 0 Å². The minimum absolute atomic E-state index is 0.240. The molecule has 0 aromatic heterocycles. The second kappa shape index (κ2) is 2.87. The van der Waals surface area contributed by atoms with Crippen LogP contribution in [0.1, 0.15) is 19.3 Å². The molecule has 1 aliphatic carbocycles. The van der Waals surface area contributed by atoms with E-state index < -0.39 is 12.1 Å². The summed E-state index contributed by atoms with van der Waals surface area (Å²) in [6.07, 6.45) is -2.56. The molecule has 10 heavy (non-hydrogen) atoms. The standard InChI is InChI=1S/C6H8F3I/c7-6(8,9)4-1-2-5(10)3-4/h4-5H,1-3H2/t4-,5+/m0/s1. The molecule has 0 aliphatic heterocycles. The molecule has 0 amide bonds. The molecule has 1 aliphatic rings. The maximum atomic E-state index is 11.9. The van der Waals surface area contributed by atoms with Crippen LogP contribution in [0.5, 0.6) is 0 Å². The maximum absolute atomic E-state index is 11.9. The summed E-state index contributed by atoms with van der Waals surface area (Å²) in [5.74, 6) is -1.02. The van der Waals surface area contributed by atoms with Crippen molar-refractivity contribution in [2.45, 2.75) is 29.4 Å². The molecule has 0 nitrogen and oxygen atoms in total. The molecule has 60 valence electrons. The Hall–Kier alpha value is 0.520. The first-order chi connectivity index (χ1) is 4.50. The molecule has 0 unspecified atom stereocenters. The molecule has 4 heteroatoms. The summed E-state index contributed by atoms with van der Waals surface area (Å²) in [7, 11) is 0. The van der Waals surface area contributed by atoms with Crippen molar-refractivity contribution in [1.29, 1.82) is 0 Å². The first kappa shape index (κ1) is 8.62. The molecule has 0 N–H and O–H groups in total. The van der Waals surface area contributed by atoms with Crippen molar-refractivity contribution in [3.8, 4) is 0 Å². The molecule has 0 heterocycles. The van der Waals surface area contributed by atoms with Crippen LogP contribution in [0.25, 0.3) is 0 Å². The van der Waals surface area contributed by atoms with E-state index in [0.717, 1.165) is 6.42 Å².